The Bertz CT molecular complexity index is 457. The lowest BCUT2D eigenvalue weighted by molar-refractivity contribution is -0.135. The van der Waals surface area contributed by atoms with Crippen LogP contribution in [0.3, 0.4) is 0 Å². The maximum absolute atomic E-state index is 11.9. The average molecular weight is 305 g/mol. The van der Waals surface area contributed by atoms with E-state index in [0.29, 0.717) is 38.3 Å². The summed E-state index contributed by atoms with van der Waals surface area (Å²) in [5.74, 6) is 0.630. The molecule has 122 valence electrons. The Labute approximate surface area is 133 Å². The number of benzene rings is 1. The van der Waals surface area contributed by atoms with Gasteiger partial charge >= 0.3 is 0 Å². The van der Waals surface area contributed by atoms with E-state index >= 15 is 0 Å². The average Bonchev–Trinajstić information content (AvgIpc) is 2.46. The van der Waals surface area contributed by atoms with E-state index in [1.165, 1.54) is 0 Å². The van der Waals surface area contributed by atoms with Crippen LogP contribution >= 0.6 is 0 Å². The Morgan fingerprint density at radius 3 is 2.50 bits per heavy atom. The second-order valence-electron chi connectivity index (χ2n) is 6.03. The molecule has 0 aliphatic rings. The molecule has 0 heterocycles. The smallest absolute Gasteiger partial charge is 0.248 e. The lowest BCUT2D eigenvalue weighted by Gasteiger charge is -2.17. The van der Waals surface area contributed by atoms with Crippen molar-refractivity contribution < 1.29 is 14.3 Å². The van der Waals surface area contributed by atoms with Crippen molar-refractivity contribution in [2.24, 2.45) is 5.92 Å². The SMILES string of the molecule is CC(C)CC(=O)CCCOCC(=O)N(C)Cc1ccccc1. The van der Waals surface area contributed by atoms with Gasteiger partial charge in [-0.05, 0) is 17.9 Å². The standard InChI is InChI=1S/C18H27NO3/c1-15(2)12-17(20)10-7-11-22-14-18(21)19(3)13-16-8-5-4-6-9-16/h4-6,8-9,15H,7,10-14H2,1-3H3. The molecule has 0 N–H and O–H groups in total. The van der Waals surface area contributed by atoms with Crippen molar-refractivity contribution in [3.63, 3.8) is 0 Å². The van der Waals surface area contributed by atoms with Gasteiger partial charge in [-0.1, -0.05) is 44.2 Å². The quantitative estimate of drug-likeness (QED) is 0.624. The fourth-order valence-corrected chi connectivity index (χ4v) is 2.14. The zero-order chi connectivity index (χ0) is 16.4. The zero-order valence-corrected chi connectivity index (χ0v) is 13.9. The van der Waals surface area contributed by atoms with Crippen LogP contribution in [0.1, 0.15) is 38.7 Å². The summed E-state index contributed by atoms with van der Waals surface area (Å²) in [4.78, 5) is 25.1. The van der Waals surface area contributed by atoms with Crippen LogP contribution in [-0.4, -0.2) is 36.9 Å². The lowest BCUT2D eigenvalue weighted by Crippen LogP contribution is -2.30. The molecule has 1 rings (SSSR count). The zero-order valence-electron chi connectivity index (χ0n) is 13.9. The number of rotatable bonds is 10. The topological polar surface area (TPSA) is 46.6 Å². The molecule has 0 fully saturated rings. The Morgan fingerprint density at radius 2 is 1.86 bits per heavy atom. The number of carbonyl (C=O) groups excluding carboxylic acids is 2. The van der Waals surface area contributed by atoms with Gasteiger partial charge in [0.15, 0.2) is 0 Å². The van der Waals surface area contributed by atoms with Crippen molar-refractivity contribution in [2.45, 2.75) is 39.7 Å². The monoisotopic (exact) mass is 305 g/mol. The third kappa shape index (κ3) is 7.93. The molecule has 0 saturated carbocycles. The van der Waals surface area contributed by atoms with Gasteiger partial charge in [0.05, 0.1) is 0 Å². The molecule has 22 heavy (non-hydrogen) atoms. The summed E-state index contributed by atoms with van der Waals surface area (Å²) in [6.45, 7) is 5.18. The molecule has 0 saturated heterocycles. The van der Waals surface area contributed by atoms with Gasteiger partial charge in [-0.15, -0.1) is 0 Å². The Morgan fingerprint density at radius 1 is 1.18 bits per heavy atom. The Hall–Kier alpha value is -1.68. The largest absolute Gasteiger partial charge is 0.372 e. The summed E-state index contributed by atoms with van der Waals surface area (Å²) < 4.78 is 5.37. The molecule has 1 aromatic carbocycles. The summed E-state index contributed by atoms with van der Waals surface area (Å²) in [5.41, 5.74) is 1.10. The first-order valence-electron chi connectivity index (χ1n) is 7.86. The van der Waals surface area contributed by atoms with Crippen LogP contribution in [0.4, 0.5) is 0 Å². The molecule has 0 bridgehead atoms. The summed E-state index contributed by atoms with van der Waals surface area (Å²) >= 11 is 0. The van der Waals surface area contributed by atoms with Crippen molar-refractivity contribution in [3.8, 4) is 0 Å². The molecule has 0 atom stereocenters. The molecule has 4 heteroatoms. The molecule has 0 aliphatic carbocycles. The van der Waals surface area contributed by atoms with E-state index < -0.39 is 0 Å². The van der Waals surface area contributed by atoms with E-state index in [1.54, 1.807) is 11.9 Å². The first-order chi connectivity index (χ1) is 10.5. The predicted octanol–water partition coefficient (Wildman–Crippen LogP) is 3.06. The molecule has 1 aromatic rings. The number of ketones is 1. The summed E-state index contributed by atoms with van der Waals surface area (Å²) in [6, 6.07) is 9.85. The molecule has 1 amide bonds. The highest BCUT2D eigenvalue weighted by molar-refractivity contribution is 5.78. The van der Waals surface area contributed by atoms with Crippen LogP contribution in [0.15, 0.2) is 30.3 Å². The third-order valence-corrected chi connectivity index (χ3v) is 3.29. The number of hydrogen-bond donors (Lipinski definition) is 0. The van der Waals surface area contributed by atoms with E-state index in [-0.39, 0.29) is 18.3 Å². The molecule has 0 aliphatic heterocycles. The first-order valence-corrected chi connectivity index (χ1v) is 7.86. The van der Waals surface area contributed by atoms with Gasteiger partial charge in [0, 0.05) is 33.0 Å². The van der Waals surface area contributed by atoms with Crippen LogP contribution in [0.25, 0.3) is 0 Å². The summed E-state index contributed by atoms with van der Waals surface area (Å²) in [6.07, 6.45) is 1.84. The highest BCUT2D eigenvalue weighted by atomic mass is 16.5. The summed E-state index contributed by atoms with van der Waals surface area (Å²) in [7, 11) is 1.77. The molecule has 0 spiro atoms. The van der Waals surface area contributed by atoms with Crippen molar-refractivity contribution in [3.05, 3.63) is 35.9 Å². The minimum atomic E-state index is -0.0441. The number of ether oxygens (including phenoxy) is 1. The van der Waals surface area contributed by atoms with Crippen LogP contribution in [0.5, 0.6) is 0 Å². The molecule has 4 nitrogen and oxygen atoms in total. The maximum atomic E-state index is 11.9. The molecular weight excluding hydrogens is 278 g/mol. The van der Waals surface area contributed by atoms with E-state index in [4.69, 9.17) is 4.74 Å². The number of amides is 1. The number of carbonyl (C=O) groups is 2. The number of Topliss-reactive ketones (excluding diaryl/α,β-unsaturated/α-hetero) is 1. The van der Waals surface area contributed by atoms with Crippen LogP contribution in [-0.2, 0) is 20.9 Å². The molecule has 0 radical (unpaired) electrons. The second kappa shape index (κ2) is 10.1. The van der Waals surface area contributed by atoms with Crippen molar-refractivity contribution in [2.75, 3.05) is 20.3 Å². The van der Waals surface area contributed by atoms with Gasteiger partial charge in [-0.3, -0.25) is 9.59 Å². The number of hydrogen-bond acceptors (Lipinski definition) is 3. The number of likely N-dealkylation sites (N-methyl/N-ethyl adjacent to an activating group) is 1. The third-order valence-electron chi connectivity index (χ3n) is 3.29. The normalized spacial score (nSPS) is 10.7. The van der Waals surface area contributed by atoms with Crippen molar-refractivity contribution >= 4 is 11.7 Å². The van der Waals surface area contributed by atoms with E-state index in [9.17, 15) is 9.59 Å². The number of nitrogens with zero attached hydrogens (tertiary/aromatic N) is 1. The Balaban J connectivity index is 2.14. The van der Waals surface area contributed by atoms with Gasteiger partial charge < -0.3 is 9.64 Å². The molecule has 0 unspecified atom stereocenters. The van der Waals surface area contributed by atoms with Crippen molar-refractivity contribution in [1.29, 1.82) is 0 Å². The van der Waals surface area contributed by atoms with E-state index in [1.807, 2.05) is 44.2 Å². The minimum absolute atomic E-state index is 0.0441. The lowest BCUT2D eigenvalue weighted by atomic mass is 10.0. The van der Waals surface area contributed by atoms with Crippen LogP contribution < -0.4 is 0 Å². The van der Waals surface area contributed by atoms with Gasteiger partial charge in [-0.2, -0.15) is 0 Å². The van der Waals surface area contributed by atoms with Gasteiger partial charge in [0.25, 0.3) is 0 Å². The fourth-order valence-electron chi connectivity index (χ4n) is 2.14. The highest BCUT2D eigenvalue weighted by Gasteiger charge is 2.09. The van der Waals surface area contributed by atoms with Crippen LogP contribution in [0.2, 0.25) is 0 Å². The summed E-state index contributed by atoms with van der Waals surface area (Å²) in [5, 5.41) is 0. The van der Waals surface area contributed by atoms with Gasteiger partial charge in [0.2, 0.25) is 5.91 Å². The van der Waals surface area contributed by atoms with Crippen LogP contribution in [0, 0.1) is 5.92 Å². The van der Waals surface area contributed by atoms with E-state index in [2.05, 4.69) is 0 Å². The minimum Gasteiger partial charge on any atom is -0.372 e. The molecule has 0 aromatic heterocycles. The second-order valence-corrected chi connectivity index (χ2v) is 6.03. The van der Waals surface area contributed by atoms with Gasteiger partial charge in [0.1, 0.15) is 12.4 Å². The molecular formula is C18H27NO3. The predicted molar refractivity (Wildman–Crippen MR) is 87.4 cm³/mol. The highest BCUT2D eigenvalue weighted by Crippen LogP contribution is 2.05. The first kappa shape index (κ1) is 18.4. The van der Waals surface area contributed by atoms with Crippen molar-refractivity contribution in [1.82, 2.24) is 4.90 Å². The van der Waals surface area contributed by atoms with E-state index in [0.717, 1.165) is 5.56 Å². The Kier molecular flexibility index (Phi) is 8.44. The fraction of sp³-hybridized carbons (Fsp3) is 0.556. The maximum Gasteiger partial charge on any atom is 0.248 e. The van der Waals surface area contributed by atoms with Gasteiger partial charge in [-0.25, -0.2) is 0 Å².